The lowest BCUT2D eigenvalue weighted by atomic mass is 9.83. The Hall–Kier alpha value is -4.36. The van der Waals surface area contributed by atoms with E-state index in [1.807, 2.05) is 71.3 Å². The van der Waals surface area contributed by atoms with Crippen molar-refractivity contribution in [2.75, 3.05) is 32.5 Å². The maximum atomic E-state index is 13.8. The van der Waals surface area contributed by atoms with Gasteiger partial charge in [-0.1, -0.05) is 91.0 Å². The molecular weight excluding hydrogens is 478 g/mol. The Morgan fingerprint density at radius 1 is 0.895 bits per heavy atom. The second-order valence-electron chi connectivity index (χ2n) is 9.38. The minimum atomic E-state index is -0.483. The van der Waals surface area contributed by atoms with Gasteiger partial charge in [0.2, 0.25) is 5.43 Å². The standard InChI is InChI=1S/C31H31N3O4/c1-37-18-17-33-20-26(27(23-13-7-3-8-14-23)24-15-9-4-10-16-24)34-19-25(32)29(35)30(28(34)31(33)36)38-21-22-11-5-2-6-12-22/h2-16,19,26-27H,17-18,20-21,32H2,1H3/t26-/m1/s1. The fourth-order valence-electron chi connectivity index (χ4n) is 5.13. The number of nitrogen functional groups attached to an aromatic ring is 1. The van der Waals surface area contributed by atoms with Gasteiger partial charge < -0.3 is 24.7 Å². The quantitative estimate of drug-likeness (QED) is 0.359. The third kappa shape index (κ3) is 5.06. The predicted molar refractivity (Wildman–Crippen MR) is 147 cm³/mol. The number of fused-ring (bicyclic) bond motifs is 1. The van der Waals surface area contributed by atoms with Crippen LogP contribution >= 0.6 is 0 Å². The maximum Gasteiger partial charge on any atom is 0.274 e. The molecule has 2 N–H and O–H groups in total. The SMILES string of the molecule is COCCN1C[C@H](C(c2ccccc2)c2ccccc2)n2cc(N)c(=O)c(OCc3ccccc3)c2C1=O. The van der Waals surface area contributed by atoms with E-state index in [1.165, 1.54) is 0 Å². The summed E-state index contributed by atoms with van der Waals surface area (Å²) in [4.78, 5) is 28.9. The fourth-order valence-corrected chi connectivity index (χ4v) is 5.13. The minimum Gasteiger partial charge on any atom is -0.482 e. The molecule has 0 fully saturated rings. The Balaban J connectivity index is 1.68. The molecule has 0 bridgehead atoms. The normalized spacial score (nSPS) is 14.9. The summed E-state index contributed by atoms with van der Waals surface area (Å²) >= 11 is 0. The van der Waals surface area contributed by atoms with Crippen LogP contribution in [0.2, 0.25) is 0 Å². The van der Waals surface area contributed by atoms with Gasteiger partial charge in [0.15, 0.2) is 11.4 Å². The van der Waals surface area contributed by atoms with Crippen LogP contribution in [0.15, 0.2) is 102 Å². The number of ether oxygens (including phenoxy) is 2. The molecule has 0 saturated carbocycles. The number of carbonyl (C=O) groups excluding carboxylic acids is 1. The number of rotatable bonds is 9. The number of anilines is 1. The first-order valence-corrected chi connectivity index (χ1v) is 12.7. The molecule has 1 aliphatic rings. The van der Waals surface area contributed by atoms with Crippen molar-refractivity contribution >= 4 is 11.6 Å². The topological polar surface area (TPSA) is 86.8 Å². The number of hydrogen-bond acceptors (Lipinski definition) is 5. The van der Waals surface area contributed by atoms with E-state index in [4.69, 9.17) is 15.2 Å². The highest BCUT2D eigenvalue weighted by Crippen LogP contribution is 2.40. The highest BCUT2D eigenvalue weighted by atomic mass is 16.5. The first-order valence-electron chi connectivity index (χ1n) is 12.7. The number of nitrogens with zero attached hydrogens (tertiary/aromatic N) is 2. The number of amides is 1. The number of benzene rings is 3. The molecule has 4 aromatic rings. The maximum absolute atomic E-state index is 13.8. The lowest BCUT2D eigenvalue weighted by molar-refractivity contribution is 0.0580. The third-order valence-electron chi connectivity index (χ3n) is 6.97. The van der Waals surface area contributed by atoms with E-state index in [1.54, 1.807) is 18.2 Å². The molecule has 2 heterocycles. The van der Waals surface area contributed by atoms with Crippen LogP contribution in [0.4, 0.5) is 5.69 Å². The summed E-state index contributed by atoms with van der Waals surface area (Å²) in [5, 5.41) is 0. The number of nitrogens with two attached hydrogens (primary N) is 1. The Morgan fingerprint density at radius 2 is 1.47 bits per heavy atom. The molecule has 3 aromatic carbocycles. The van der Waals surface area contributed by atoms with Gasteiger partial charge in [-0.2, -0.15) is 0 Å². The van der Waals surface area contributed by atoms with Gasteiger partial charge in [0.05, 0.1) is 12.6 Å². The summed E-state index contributed by atoms with van der Waals surface area (Å²) in [6.07, 6.45) is 1.60. The van der Waals surface area contributed by atoms with Crippen LogP contribution in [0.5, 0.6) is 5.75 Å². The molecule has 0 saturated heterocycles. The van der Waals surface area contributed by atoms with Crippen LogP contribution in [0.1, 0.15) is 39.1 Å². The van der Waals surface area contributed by atoms with E-state index in [-0.39, 0.29) is 41.6 Å². The zero-order chi connectivity index (χ0) is 26.5. The van der Waals surface area contributed by atoms with Crippen molar-refractivity contribution in [2.24, 2.45) is 0 Å². The summed E-state index contributed by atoms with van der Waals surface area (Å²) in [6, 6.07) is 29.7. The van der Waals surface area contributed by atoms with Gasteiger partial charge in [0.1, 0.15) is 12.3 Å². The monoisotopic (exact) mass is 509 g/mol. The molecule has 1 aliphatic heterocycles. The number of aromatic nitrogens is 1. The summed E-state index contributed by atoms with van der Waals surface area (Å²) in [5.41, 5.74) is 9.11. The molecule has 7 heteroatoms. The average molecular weight is 510 g/mol. The summed E-state index contributed by atoms with van der Waals surface area (Å²) < 4.78 is 13.2. The Morgan fingerprint density at radius 3 is 2.05 bits per heavy atom. The van der Waals surface area contributed by atoms with E-state index in [0.29, 0.717) is 19.7 Å². The third-order valence-corrected chi connectivity index (χ3v) is 6.97. The van der Waals surface area contributed by atoms with Crippen LogP contribution in [0.3, 0.4) is 0 Å². The summed E-state index contributed by atoms with van der Waals surface area (Å²) in [5.74, 6) is -0.414. The van der Waals surface area contributed by atoms with Crippen molar-refractivity contribution in [3.8, 4) is 5.75 Å². The fraction of sp³-hybridized carbons (Fsp3) is 0.226. The van der Waals surface area contributed by atoms with E-state index < -0.39 is 5.43 Å². The van der Waals surface area contributed by atoms with Crippen LogP contribution in [0.25, 0.3) is 0 Å². The first-order chi connectivity index (χ1) is 18.6. The number of pyridine rings is 1. The largest absolute Gasteiger partial charge is 0.482 e. The van der Waals surface area contributed by atoms with Gasteiger partial charge in [0, 0.05) is 32.3 Å². The lowest BCUT2D eigenvalue weighted by Crippen LogP contribution is -2.47. The van der Waals surface area contributed by atoms with Crippen molar-refractivity contribution in [3.05, 3.63) is 130 Å². The molecular formula is C31H31N3O4. The van der Waals surface area contributed by atoms with E-state index in [2.05, 4.69) is 24.3 Å². The van der Waals surface area contributed by atoms with Crippen LogP contribution in [-0.4, -0.2) is 42.2 Å². The van der Waals surface area contributed by atoms with Crippen LogP contribution in [0, 0.1) is 0 Å². The summed E-state index contributed by atoms with van der Waals surface area (Å²) in [6.45, 7) is 1.32. The van der Waals surface area contributed by atoms with E-state index >= 15 is 0 Å². The second-order valence-corrected chi connectivity index (χ2v) is 9.38. The van der Waals surface area contributed by atoms with Gasteiger partial charge in [0.25, 0.3) is 5.91 Å². The van der Waals surface area contributed by atoms with Gasteiger partial charge in [-0.3, -0.25) is 9.59 Å². The second kappa shape index (κ2) is 11.4. The van der Waals surface area contributed by atoms with Crippen LogP contribution < -0.4 is 15.9 Å². The molecule has 0 unspecified atom stereocenters. The molecule has 1 aromatic heterocycles. The highest BCUT2D eigenvalue weighted by molar-refractivity contribution is 5.96. The number of hydrogen-bond donors (Lipinski definition) is 1. The van der Waals surface area contributed by atoms with E-state index in [0.717, 1.165) is 16.7 Å². The summed E-state index contributed by atoms with van der Waals surface area (Å²) in [7, 11) is 1.61. The molecule has 1 amide bonds. The van der Waals surface area contributed by atoms with Crippen LogP contribution in [-0.2, 0) is 11.3 Å². The lowest BCUT2D eigenvalue weighted by Gasteiger charge is -2.40. The average Bonchev–Trinajstić information content (AvgIpc) is 2.96. The molecule has 1 atom stereocenters. The highest BCUT2D eigenvalue weighted by Gasteiger charge is 2.39. The van der Waals surface area contributed by atoms with E-state index in [9.17, 15) is 9.59 Å². The van der Waals surface area contributed by atoms with Crippen molar-refractivity contribution in [1.29, 1.82) is 0 Å². The predicted octanol–water partition coefficient (Wildman–Crippen LogP) is 4.48. The Kier molecular flexibility index (Phi) is 7.56. The zero-order valence-corrected chi connectivity index (χ0v) is 21.3. The zero-order valence-electron chi connectivity index (χ0n) is 21.3. The molecule has 38 heavy (non-hydrogen) atoms. The molecule has 0 aliphatic carbocycles. The minimum absolute atomic E-state index is 0.0224. The Bertz CT molecular complexity index is 1400. The molecule has 194 valence electrons. The molecule has 0 radical (unpaired) electrons. The van der Waals surface area contributed by atoms with Gasteiger partial charge in [-0.05, 0) is 16.7 Å². The van der Waals surface area contributed by atoms with Crippen molar-refractivity contribution < 1.29 is 14.3 Å². The Labute approximate surface area is 222 Å². The van der Waals surface area contributed by atoms with Gasteiger partial charge in [-0.25, -0.2) is 0 Å². The van der Waals surface area contributed by atoms with Crippen molar-refractivity contribution in [2.45, 2.75) is 18.6 Å². The first kappa shape index (κ1) is 25.3. The van der Waals surface area contributed by atoms with Gasteiger partial charge in [-0.15, -0.1) is 0 Å². The van der Waals surface area contributed by atoms with Gasteiger partial charge >= 0.3 is 0 Å². The molecule has 0 spiro atoms. The van der Waals surface area contributed by atoms with Crippen molar-refractivity contribution in [3.63, 3.8) is 0 Å². The number of carbonyl (C=O) groups is 1. The smallest absolute Gasteiger partial charge is 0.274 e. The van der Waals surface area contributed by atoms with Crippen molar-refractivity contribution in [1.82, 2.24) is 9.47 Å². The number of methoxy groups -OCH3 is 1. The molecule has 7 nitrogen and oxygen atoms in total. The molecule has 5 rings (SSSR count).